The number of carboxylic acid groups (broad SMARTS) is 1. The molecule has 0 bridgehead atoms. The number of carbonyl (C=O) groups excluding carboxylic acids is 2. The highest BCUT2D eigenvalue weighted by molar-refractivity contribution is 5.82. The predicted molar refractivity (Wildman–Crippen MR) is 148 cm³/mol. The summed E-state index contributed by atoms with van der Waals surface area (Å²) >= 11 is 0. The zero-order valence-corrected chi connectivity index (χ0v) is 24.5. The van der Waals surface area contributed by atoms with Crippen LogP contribution < -0.4 is 10.6 Å². The fraction of sp³-hybridized carbons (Fsp3) is 0.903. The van der Waals surface area contributed by atoms with Gasteiger partial charge in [0.05, 0.1) is 12.2 Å². The number of nitrogens with one attached hydrogen (secondary N) is 2. The Morgan fingerprint density at radius 2 is 1.72 bits per heavy atom. The van der Waals surface area contributed by atoms with E-state index in [2.05, 4.69) is 31.4 Å². The van der Waals surface area contributed by atoms with E-state index < -0.39 is 12.0 Å². The Morgan fingerprint density at radius 3 is 2.41 bits per heavy atom. The summed E-state index contributed by atoms with van der Waals surface area (Å²) in [7, 11) is 0. The minimum Gasteiger partial charge on any atom is -0.480 e. The highest BCUT2D eigenvalue weighted by Crippen LogP contribution is 2.68. The second-order valence-corrected chi connectivity index (χ2v) is 14.0. The van der Waals surface area contributed by atoms with E-state index in [1.165, 1.54) is 26.2 Å². The maximum absolute atomic E-state index is 12.6. The van der Waals surface area contributed by atoms with E-state index in [4.69, 9.17) is 0 Å². The van der Waals surface area contributed by atoms with Crippen LogP contribution >= 0.6 is 0 Å². The molecule has 4 rings (SSSR count). The lowest BCUT2D eigenvalue weighted by atomic mass is 9.43. The van der Waals surface area contributed by atoms with Crippen molar-refractivity contribution in [2.24, 2.45) is 46.3 Å². The minimum absolute atomic E-state index is 0.0251. The van der Waals surface area contributed by atoms with Gasteiger partial charge in [0, 0.05) is 19.9 Å². The molecular formula is C31H52N2O6. The topological polar surface area (TPSA) is 136 Å². The van der Waals surface area contributed by atoms with Gasteiger partial charge in [0.2, 0.25) is 11.8 Å². The van der Waals surface area contributed by atoms with Gasteiger partial charge in [0.1, 0.15) is 6.04 Å². The van der Waals surface area contributed by atoms with E-state index in [9.17, 15) is 29.7 Å². The summed E-state index contributed by atoms with van der Waals surface area (Å²) in [5, 5.41) is 36.6. The molecule has 8 heteroatoms. The standard InChI is InChI=1S/C31H52N2O6/c1-18(7-12-28(37)32-15-5-6-26(29(38)39)33-19(2)34)23-10-11-24-22-9-8-20-16-21(35)13-14-30(20,3)25(22)17-27(36)31(23,24)4/h18,20-27,35-36H,5-17H2,1-4H3,(H,32,37)(H,33,34)(H,38,39)/t18-,20-,21-,22+,23-,24+,25+,26+,27+,30+,31-/m1/s1. The molecule has 4 aliphatic rings. The number of fused-ring (bicyclic) bond motifs is 5. The Hall–Kier alpha value is -1.67. The number of amides is 2. The third-order valence-corrected chi connectivity index (χ3v) is 12.0. The van der Waals surface area contributed by atoms with Gasteiger partial charge >= 0.3 is 5.97 Å². The van der Waals surface area contributed by atoms with Gasteiger partial charge in [-0.15, -0.1) is 0 Å². The number of rotatable bonds is 10. The summed E-state index contributed by atoms with van der Waals surface area (Å²) in [4.78, 5) is 35.0. The van der Waals surface area contributed by atoms with Crippen molar-refractivity contribution in [3.63, 3.8) is 0 Å². The minimum atomic E-state index is -1.07. The number of hydrogen-bond donors (Lipinski definition) is 5. The average Bonchev–Trinajstić information content (AvgIpc) is 3.24. The van der Waals surface area contributed by atoms with Crippen molar-refractivity contribution in [3.05, 3.63) is 0 Å². The molecule has 0 heterocycles. The van der Waals surface area contributed by atoms with Crippen LogP contribution in [0.15, 0.2) is 0 Å². The van der Waals surface area contributed by atoms with E-state index in [1.807, 2.05) is 0 Å². The second kappa shape index (κ2) is 12.1. The van der Waals surface area contributed by atoms with Gasteiger partial charge in [-0.2, -0.15) is 0 Å². The molecule has 0 spiro atoms. The molecule has 0 radical (unpaired) electrons. The summed E-state index contributed by atoms with van der Waals surface area (Å²) in [5.41, 5.74) is 0.128. The second-order valence-electron chi connectivity index (χ2n) is 14.0. The number of aliphatic hydroxyl groups excluding tert-OH is 2. The summed E-state index contributed by atoms with van der Waals surface area (Å²) in [5.74, 6) is 1.58. The number of carbonyl (C=O) groups is 3. The third kappa shape index (κ3) is 6.02. The van der Waals surface area contributed by atoms with Gasteiger partial charge in [0.15, 0.2) is 0 Å². The summed E-state index contributed by atoms with van der Waals surface area (Å²) in [6.07, 6.45) is 9.96. The summed E-state index contributed by atoms with van der Waals surface area (Å²) in [6.45, 7) is 8.71. The van der Waals surface area contributed by atoms with Gasteiger partial charge in [-0.05, 0) is 117 Å². The first-order valence-electron chi connectivity index (χ1n) is 15.5. The Morgan fingerprint density at radius 1 is 0.974 bits per heavy atom. The molecule has 39 heavy (non-hydrogen) atoms. The summed E-state index contributed by atoms with van der Waals surface area (Å²) < 4.78 is 0. The third-order valence-electron chi connectivity index (χ3n) is 12.0. The SMILES string of the molecule is CC(=O)N[C@@H](CCCNC(=O)CC[C@@H](C)[C@H]1CC[C@H]2[C@@H]3CC[C@@H]4C[C@H](O)CC[C@]4(C)[C@H]3C[C@H](O)[C@]12C)C(=O)O. The van der Waals surface area contributed by atoms with E-state index in [0.29, 0.717) is 54.9 Å². The highest BCUT2D eigenvalue weighted by atomic mass is 16.4. The van der Waals surface area contributed by atoms with Crippen molar-refractivity contribution in [1.29, 1.82) is 0 Å². The summed E-state index contributed by atoms with van der Waals surface area (Å²) in [6, 6.07) is -0.931. The first kappa shape index (κ1) is 30.3. The number of hydrogen-bond acceptors (Lipinski definition) is 5. The maximum atomic E-state index is 12.6. The van der Waals surface area contributed by atoms with Crippen molar-refractivity contribution < 1.29 is 29.7 Å². The fourth-order valence-electron chi connectivity index (χ4n) is 9.85. The first-order chi connectivity index (χ1) is 18.4. The van der Waals surface area contributed by atoms with E-state index in [1.54, 1.807) is 0 Å². The Bertz CT molecular complexity index is 912. The molecule has 222 valence electrons. The molecule has 4 fully saturated rings. The normalized spacial score (nSPS) is 40.9. The number of carboxylic acids is 1. The zero-order valence-electron chi connectivity index (χ0n) is 24.5. The molecule has 2 amide bonds. The van der Waals surface area contributed by atoms with E-state index >= 15 is 0 Å². The van der Waals surface area contributed by atoms with Crippen molar-refractivity contribution in [2.45, 2.75) is 123 Å². The lowest BCUT2D eigenvalue weighted by Crippen LogP contribution is -2.58. The van der Waals surface area contributed by atoms with E-state index in [-0.39, 0.29) is 41.3 Å². The van der Waals surface area contributed by atoms with Crippen molar-refractivity contribution in [3.8, 4) is 0 Å². The molecule has 0 unspecified atom stereocenters. The molecule has 0 aromatic rings. The molecule has 8 nitrogen and oxygen atoms in total. The van der Waals surface area contributed by atoms with Crippen LogP contribution in [0.25, 0.3) is 0 Å². The molecule has 0 aromatic heterocycles. The Kier molecular flexibility index (Phi) is 9.36. The van der Waals surface area contributed by atoms with Crippen LogP contribution in [0, 0.1) is 46.3 Å². The first-order valence-corrected chi connectivity index (χ1v) is 15.5. The van der Waals surface area contributed by atoms with Crippen molar-refractivity contribution in [2.75, 3.05) is 6.54 Å². The molecule has 4 saturated carbocycles. The van der Waals surface area contributed by atoms with Gasteiger partial charge < -0.3 is 26.0 Å². The van der Waals surface area contributed by atoms with Gasteiger partial charge in [-0.25, -0.2) is 4.79 Å². The molecule has 4 aliphatic carbocycles. The molecular weight excluding hydrogens is 496 g/mol. The number of aliphatic hydroxyl groups is 2. The molecule has 11 atom stereocenters. The lowest BCUT2D eigenvalue weighted by molar-refractivity contribution is -0.174. The van der Waals surface area contributed by atoms with Crippen LogP contribution in [0.1, 0.15) is 105 Å². The quantitative estimate of drug-likeness (QED) is 0.263. The van der Waals surface area contributed by atoms with Crippen LogP contribution in [0.3, 0.4) is 0 Å². The van der Waals surface area contributed by atoms with Gasteiger partial charge in [-0.1, -0.05) is 20.8 Å². The van der Waals surface area contributed by atoms with Crippen LogP contribution in [-0.2, 0) is 14.4 Å². The van der Waals surface area contributed by atoms with Gasteiger partial charge in [-0.3, -0.25) is 9.59 Å². The van der Waals surface area contributed by atoms with Crippen LogP contribution in [0.4, 0.5) is 0 Å². The predicted octanol–water partition coefficient (Wildman–Crippen LogP) is 3.88. The average molecular weight is 549 g/mol. The Balaban J connectivity index is 1.29. The van der Waals surface area contributed by atoms with Crippen molar-refractivity contribution in [1.82, 2.24) is 10.6 Å². The molecule has 0 aromatic carbocycles. The van der Waals surface area contributed by atoms with Gasteiger partial charge in [0.25, 0.3) is 0 Å². The van der Waals surface area contributed by atoms with E-state index in [0.717, 1.165) is 38.5 Å². The molecule has 0 aliphatic heterocycles. The number of aliphatic carboxylic acids is 1. The molecule has 5 N–H and O–H groups in total. The highest BCUT2D eigenvalue weighted by Gasteiger charge is 2.63. The zero-order chi connectivity index (χ0) is 28.5. The Labute approximate surface area is 234 Å². The van der Waals surface area contributed by atoms with Crippen LogP contribution in [0.5, 0.6) is 0 Å². The molecule has 0 saturated heterocycles. The smallest absolute Gasteiger partial charge is 0.326 e. The lowest BCUT2D eigenvalue weighted by Gasteiger charge is -2.62. The van der Waals surface area contributed by atoms with Crippen LogP contribution in [-0.4, -0.2) is 57.9 Å². The van der Waals surface area contributed by atoms with Crippen molar-refractivity contribution >= 4 is 17.8 Å². The maximum Gasteiger partial charge on any atom is 0.326 e. The van der Waals surface area contributed by atoms with Crippen LogP contribution in [0.2, 0.25) is 0 Å². The monoisotopic (exact) mass is 548 g/mol. The largest absolute Gasteiger partial charge is 0.480 e. The fourth-order valence-corrected chi connectivity index (χ4v) is 9.85.